The standard InChI is InChI=1S/C14H20N4O2/c1-9-8-16-18(2)14(9)13(17-15)11-7-10(19-3)5-6-12(11)20-4/h5-8,13,17H,15H2,1-4H3. The summed E-state index contributed by atoms with van der Waals surface area (Å²) in [4.78, 5) is 0. The van der Waals surface area contributed by atoms with Crippen LogP contribution in [-0.4, -0.2) is 24.0 Å². The zero-order chi connectivity index (χ0) is 14.7. The van der Waals surface area contributed by atoms with E-state index in [0.717, 1.165) is 28.3 Å². The van der Waals surface area contributed by atoms with Crippen LogP contribution in [0.15, 0.2) is 24.4 Å². The van der Waals surface area contributed by atoms with Gasteiger partial charge in [-0.25, -0.2) is 5.43 Å². The van der Waals surface area contributed by atoms with Gasteiger partial charge in [0.25, 0.3) is 0 Å². The molecule has 2 aromatic rings. The lowest BCUT2D eigenvalue weighted by Gasteiger charge is -2.21. The predicted molar refractivity (Wildman–Crippen MR) is 76.7 cm³/mol. The second-order valence-corrected chi connectivity index (χ2v) is 4.54. The van der Waals surface area contributed by atoms with Crippen LogP contribution >= 0.6 is 0 Å². The van der Waals surface area contributed by atoms with Crippen LogP contribution in [0.4, 0.5) is 0 Å². The molecule has 0 aliphatic heterocycles. The summed E-state index contributed by atoms with van der Waals surface area (Å²) in [6.45, 7) is 2.00. The van der Waals surface area contributed by atoms with Crippen molar-refractivity contribution in [2.24, 2.45) is 12.9 Å². The summed E-state index contributed by atoms with van der Waals surface area (Å²) < 4.78 is 12.5. The van der Waals surface area contributed by atoms with E-state index in [1.165, 1.54) is 0 Å². The Hall–Kier alpha value is -2.05. The van der Waals surface area contributed by atoms with Crippen molar-refractivity contribution in [1.82, 2.24) is 15.2 Å². The molecule has 1 aromatic heterocycles. The second-order valence-electron chi connectivity index (χ2n) is 4.54. The van der Waals surface area contributed by atoms with Crippen LogP contribution in [0.25, 0.3) is 0 Å². The van der Waals surface area contributed by atoms with Gasteiger partial charge >= 0.3 is 0 Å². The normalized spacial score (nSPS) is 12.2. The van der Waals surface area contributed by atoms with E-state index in [-0.39, 0.29) is 6.04 Å². The lowest BCUT2D eigenvalue weighted by molar-refractivity contribution is 0.392. The van der Waals surface area contributed by atoms with Crippen molar-refractivity contribution >= 4 is 0 Å². The van der Waals surface area contributed by atoms with Crippen LogP contribution in [0, 0.1) is 6.92 Å². The minimum Gasteiger partial charge on any atom is -0.497 e. The number of benzene rings is 1. The fourth-order valence-corrected chi connectivity index (χ4v) is 2.35. The Balaban J connectivity index is 2.56. The number of ether oxygens (including phenoxy) is 2. The molecule has 0 radical (unpaired) electrons. The van der Waals surface area contributed by atoms with Crippen LogP contribution < -0.4 is 20.7 Å². The molecule has 0 amide bonds. The monoisotopic (exact) mass is 276 g/mol. The maximum absolute atomic E-state index is 5.76. The molecule has 0 bridgehead atoms. The minimum absolute atomic E-state index is 0.229. The highest BCUT2D eigenvalue weighted by molar-refractivity contribution is 5.46. The molecule has 0 aliphatic rings. The van der Waals surface area contributed by atoms with Crippen LogP contribution in [0.1, 0.15) is 22.9 Å². The van der Waals surface area contributed by atoms with E-state index in [1.807, 2.05) is 38.4 Å². The van der Waals surface area contributed by atoms with E-state index in [1.54, 1.807) is 18.9 Å². The summed E-state index contributed by atoms with van der Waals surface area (Å²) in [6, 6.07) is 5.40. The Kier molecular flexibility index (Phi) is 4.26. The molecule has 0 aliphatic carbocycles. The summed E-state index contributed by atoms with van der Waals surface area (Å²) in [5.74, 6) is 7.26. The predicted octanol–water partition coefficient (Wildman–Crippen LogP) is 1.30. The topological polar surface area (TPSA) is 74.3 Å². The fourth-order valence-electron chi connectivity index (χ4n) is 2.35. The molecule has 1 unspecified atom stereocenters. The number of hydrazine groups is 1. The first-order valence-electron chi connectivity index (χ1n) is 6.29. The molecule has 0 saturated heterocycles. The van der Waals surface area contributed by atoms with Gasteiger partial charge in [0.05, 0.1) is 32.2 Å². The first-order valence-corrected chi connectivity index (χ1v) is 6.29. The molecular formula is C14H20N4O2. The molecule has 6 heteroatoms. The van der Waals surface area contributed by atoms with E-state index in [4.69, 9.17) is 15.3 Å². The number of aryl methyl sites for hydroxylation is 2. The van der Waals surface area contributed by atoms with Gasteiger partial charge in [-0.1, -0.05) is 0 Å². The molecule has 108 valence electrons. The van der Waals surface area contributed by atoms with Gasteiger partial charge in [0.2, 0.25) is 0 Å². The summed E-state index contributed by atoms with van der Waals surface area (Å²) in [7, 11) is 5.15. The minimum atomic E-state index is -0.229. The zero-order valence-electron chi connectivity index (χ0n) is 12.2. The van der Waals surface area contributed by atoms with Gasteiger partial charge in [-0.2, -0.15) is 5.10 Å². The van der Waals surface area contributed by atoms with Crippen LogP contribution in [0.2, 0.25) is 0 Å². The molecule has 1 heterocycles. The fraction of sp³-hybridized carbons (Fsp3) is 0.357. The number of nitrogens with zero attached hydrogens (tertiary/aromatic N) is 2. The zero-order valence-corrected chi connectivity index (χ0v) is 12.2. The lowest BCUT2D eigenvalue weighted by atomic mass is 10.0. The third-order valence-corrected chi connectivity index (χ3v) is 3.37. The number of aromatic nitrogens is 2. The Labute approximate surface area is 118 Å². The van der Waals surface area contributed by atoms with Crippen molar-refractivity contribution in [1.29, 1.82) is 0 Å². The van der Waals surface area contributed by atoms with E-state index in [9.17, 15) is 0 Å². The molecule has 1 atom stereocenters. The van der Waals surface area contributed by atoms with Crippen LogP contribution in [0.3, 0.4) is 0 Å². The molecule has 3 N–H and O–H groups in total. The van der Waals surface area contributed by atoms with E-state index in [0.29, 0.717) is 0 Å². The van der Waals surface area contributed by atoms with E-state index < -0.39 is 0 Å². The van der Waals surface area contributed by atoms with Crippen molar-refractivity contribution in [3.05, 3.63) is 41.2 Å². The van der Waals surface area contributed by atoms with Gasteiger partial charge in [0.15, 0.2) is 0 Å². The largest absolute Gasteiger partial charge is 0.497 e. The van der Waals surface area contributed by atoms with Gasteiger partial charge in [-0.3, -0.25) is 10.5 Å². The first-order chi connectivity index (χ1) is 9.62. The Morgan fingerprint density at radius 3 is 2.55 bits per heavy atom. The maximum Gasteiger partial charge on any atom is 0.124 e. The summed E-state index contributed by atoms with van der Waals surface area (Å²) in [6.07, 6.45) is 1.81. The van der Waals surface area contributed by atoms with Crippen LogP contribution in [0.5, 0.6) is 11.5 Å². The lowest BCUT2D eigenvalue weighted by Crippen LogP contribution is -2.31. The average Bonchev–Trinajstić information content (AvgIpc) is 2.80. The van der Waals surface area contributed by atoms with Crippen molar-refractivity contribution in [2.45, 2.75) is 13.0 Å². The Bertz CT molecular complexity index is 575. The number of hydrogen-bond donors (Lipinski definition) is 2. The number of nitrogens with one attached hydrogen (secondary N) is 1. The van der Waals surface area contributed by atoms with Crippen LogP contribution in [-0.2, 0) is 7.05 Å². The molecule has 2 rings (SSSR count). The van der Waals surface area contributed by atoms with Gasteiger partial charge in [-0.05, 0) is 30.7 Å². The molecule has 1 aromatic carbocycles. The first kappa shape index (κ1) is 14.4. The Morgan fingerprint density at radius 1 is 1.30 bits per heavy atom. The van der Waals surface area contributed by atoms with Crippen molar-refractivity contribution < 1.29 is 9.47 Å². The highest BCUT2D eigenvalue weighted by Crippen LogP contribution is 2.33. The van der Waals surface area contributed by atoms with Gasteiger partial charge < -0.3 is 9.47 Å². The summed E-state index contributed by atoms with van der Waals surface area (Å²) in [5.41, 5.74) is 5.78. The Morgan fingerprint density at radius 2 is 2.05 bits per heavy atom. The summed E-state index contributed by atoms with van der Waals surface area (Å²) >= 11 is 0. The number of hydrogen-bond acceptors (Lipinski definition) is 5. The maximum atomic E-state index is 5.76. The molecule has 0 spiro atoms. The highest BCUT2D eigenvalue weighted by atomic mass is 16.5. The van der Waals surface area contributed by atoms with Crippen molar-refractivity contribution in [3.63, 3.8) is 0 Å². The third kappa shape index (κ3) is 2.48. The van der Waals surface area contributed by atoms with Gasteiger partial charge in [0, 0.05) is 12.6 Å². The molecule has 20 heavy (non-hydrogen) atoms. The van der Waals surface area contributed by atoms with Gasteiger partial charge in [0.1, 0.15) is 11.5 Å². The second kappa shape index (κ2) is 5.94. The van der Waals surface area contributed by atoms with E-state index in [2.05, 4.69) is 10.5 Å². The van der Waals surface area contributed by atoms with Crippen molar-refractivity contribution in [3.8, 4) is 11.5 Å². The molecular weight excluding hydrogens is 256 g/mol. The number of rotatable bonds is 5. The highest BCUT2D eigenvalue weighted by Gasteiger charge is 2.22. The molecule has 0 fully saturated rings. The molecule has 6 nitrogen and oxygen atoms in total. The SMILES string of the molecule is COc1ccc(OC)c(C(NN)c2c(C)cnn2C)c1. The van der Waals surface area contributed by atoms with E-state index >= 15 is 0 Å². The van der Waals surface area contributed by atoms with Crippen molar-refractivity contribution in [2.75, 3.05) is 14.2 Å². The number of nitrogens with two attached hydrogens (primary N) is 1. The third-order valence-electron chi connectivity index (χ3n) is 3.37. The smallest absolute Gasteiger partial charge is 0.124 e. The molecule has 0 saturated carbocycles. The average molecular weight is 276 g/mol. The summed E-state index contributed by atoms with van der Waals surface area (Å²) in [5, 5.41) is 4.26. The quantitative estimate of drug-likeness (QED) is 0.636. The van der Waals surface area contributed by atoms with Gasteiger partial charge in [-0.15, -0.1) is 0 Å². The number of methoxy groups -OCH3 is 2.